The van der Waals surface area contributed by atoms with Crippen molar-refractivity contribution in [3.8, 4) is 11.5 Å². The Morgan fingerprint density at radius 2 is 1.87 bits per heavy atom. The van der Waals surface area contributed by atoms with E-state index in [0.29, 0.717) is 22.7 Å². The predicted octanol–water partition coefficient (Wildman–Crippen LogP) is 2.56. The molecule has 0 aliphatic heterocycles. The first-order valence-electron chi connectivity index (χ1n) is 7.14. The number of urea groups is 1. The zero-order valence-corrected chi connectivity index (χ0v) is 13.1. The van der Waals surface area contributed by atoms with Crippen molar-refractivity contribution in [2.45, 2.75) is 6.10 Å². The highest BCUT2D eigenvalue weighted by Crippen LogP contribution is 2.29. The Hall–Kier alpha value is -2.73. The van der Waals surface area contributed by atoms with Gasteiger partial charge in [-0.15, -0.1) is 0 Å². The lowest BCUT2D eigenvalue weighted by Crippen LogP contribution is -2.32. The highest BCUT2D eigenvalue weighted by Gasteiger charge is 2.15. The van der Waals surface area contributed by atoms with Gasteiger partial charge in [0.15, 0.2) is 0 Å². The molecule has 2 aromatic carbocycles. The number of aliphatic hydroxyl groups excluding tert-OH is 1. The van der Waals surface area contributed by atoms with Crippen LogP contribution in [-0.2, 0) is 0 Å². The zero-order valence-electron chi connectivity index (χ0n) is 13.1. The summed E-state index contributed by atoms with van der Waals surface area (Å²) in [5, 5.41) is 15.6. The largest absolute Gasteiger partial charge is 0.497 e. The molecule has 0 radical (unpaired) electrons. The van der Waals surface area contributed by atoms with Gasteiger partial charge in [-0.25, -0.2) is 4.79 Å². The number of benzene rings is 2. The fourth-order valence-corrected chi connectivity index (χ4v) is 2.10. The van der Waals surface area contributed by atoms with E-state index in [4.69, 9.17) is 9.47 Å². The van der Waals surface area contributed by atoms with E-state index in [1.54, 1.807) is 37.4 Å². The summed E-state index contributed by atoms with van der Waals surface area (Å²) in [6.45, 7) is 0.0438. The van der Waals surface area contributed by atoms with Crippen LogP contribution in [0, 0.1) is 0 Å². The fourth-order valence-electron chi connectivity index (χ4n) is 2.10. The van der Waals surface area contributed by atoms with Gasteiger partial charge in [-0.2, -0.15) is 0 Å². The van der Waals surface area contributed by atoms with Crippen LogP contribution in [0.4, 0.5) is 10.5 Å². The van der Waals surface area contributed by atoms with Crippen molar-refractivity contribution in [3.05, 3.63) is 54.1 Å². The van der Waals surface area contributed by atoms with Gasteiger partial charge in [-0.1, -0.05) is 18.2 Å². The normalized spacial score (nSPS) is 11.4. The van der Waals surface area contributed by atoms with Gasteiger partial charge in [0, 0.05) is 17.8 Å². The fraction of sp³-hybridized carbons (Fsp3) is 0.235. The van der Waals surface area contributed by atoms with E-state index in [9.17, 15) is 9.90 Å². The topological polar surface area (TPSA) is 79.8 Å². The Bertz CT molecular complexity index is 646. The van der Waals surface area contributed by atoms with Crippen molar-refractivity contribution < 1.29 is 19.4 Å². The second kappa shape index (κ2) is 8.05. The minimum absolute atomic E-state index is 0.0438. The number of anilines is 1. The number of para-hydroxylation sites is 1. The summed E-state index contributed by atoms with van der Waals surface area (Å²) in [7, 11) is 3.07. The maximum absolute atomic E-state index is 11.8. The molecule has 0 fully saturated rings. The van der Waals surface area contributed by atoms with Crippen LogP contribution in [0.15, 0.2) is 48.5 Å². The Labute approximate surface area is 135 Å². The summed E-state index contributed by atoms with van der Waals surface area (Å²) in [5.74, 6) is 1.14. The predicted molar refractivity (Wildman–Crippen MR) is 88.0 cm³/mol. The molecule has 3 N–H and O–H groups in total. The molecule has 6 nitrogen and oxygen atoms in total. The molecule has 0 aliphatic carbocycles. The molecule has 0 aliphatic rings. The zero-order chi connectivity index (χ0) is 16.7. The Morgan fingerprint density at radius 3 is 2.52 bits per heavy atom. The first-order valence-corrected chi connectivity index (χ1v) is 7.14. The van der Waals surface area contributed by atoms with E-state index in [1.165, 1.54) is 7.11 Å². The van der Waals surface area contributed by atoms with Gasteiger partial charge in [0.25, 0.3) is 0 Å². The molecular weight excluding hydrogens is 296 g/mol. The van der Waals surface area contributed by atoms with Crippen LogP contribution in [-0.4, -0.2) is 31.9 Å². The minimum Gasteiger partial charge on any atom is -0.497 e. The van der Waals surface area contributed by atoms with Crippen molar-refractivity contribution in [2.75, 3.05) is 26.1 Å². The second-order valence-corrected chi connectivity index (χ2v) is 4.82. The standard InChI is InChI=1S/C17H20N2O4/c1-22-13-8-9-16(23-2)14(10-13)15(20)11-18-17(21)19-12-6-4-3-5-7-12/h3-10,15,20H,11H2,1-2H3,(H2,18,19,21)/t15-/m0/s1. The minimum atomic E-state index is -0.915. The van der Waals surface area contributed by atoms with Crippen LogP contribution in [0.5, 0.6) is 11.5 Å². The highest BCUT2D eigenvalue weighted by atomic mass is 16.5. The molecule has 1 atom stereocenters. The second-order valence-electron chi connectivity index (χ2n) is 4.82. The lowest BCUT2D eigenvalue weighted by atomic mass is 10.1. The lowest BCUT2D eigenvalue weighted by Gasteiger charge is -2.16. The molecule has 2 aromatic rings. The molecule has 0 aromatic heterocycles. The number of aliphatic hydroxyl groups is 1. The monoisotopic (exact) mass is 316 g/mol. The van der Waals surface area contributed by atoms with E-state index in [-0.39, 0.29) is 6.54 Å². The number of methoxy groups -OCH3 is 2. The average Bonchev–Trinajstić information content (AvgIpc) is 2.60. The number of ether oxygens (including phenoxy) is 2. The molecular formula is C17H20N2O4. The Balaban J connectivity index is 1.96. The molecule has 2 amide bonds. The van der Waals surface area contributed by atoms with E-state index in [1.807, 2.05) is 18.2 Å². The van der Waals surface area contributed by atoms with Gasteiger partial charge in [0.05, 0.1) is 14.2 Å². The van der Waals surface area contributed by atoms with Gasteiger partial charge in [-0.05, 0) is 30.3 Å². The number of amides is 2. The van der Waals surface area contributed by atoms with Crippen LogP contribution in [0.1, 0.15) is 11.7 Å². The summed E-state index contributed by atoms with van der Waals surface area (Å²) >= 11 is 0. The molecule has 0 spiro atoms. The Kier molecular flexibility index (Phi) is 5.82. The molecule has 122 valence electrons. The van der Waals surface area contributed by atoms with Crippen molar-refractivity contribution >= 4 is 11.7 Å². The van der Waals surface area contributed by atoms with E-state index >= 15 is 0 Å². The SMILES string of the molecule is COc1ccc(OC)c([C@@H](O)CNC(=O)Nc2ccccc2)c1. The molecule has 23 heavy (non-hydrogen) atoms. The summed E-state index contributed by atoms with van der Waals surface area (Å²) in [5.41, 5.74) is 1.23. The Morgan fingerprint density at radius 1 is 1.13 bits per heavy atom. The smallest absolute Gasteiger partial charge is 0.319 e. The summed E-state index contributed by atoms with van der Waals surface area (Å²) in [4.78, 5) is 11.8. The quantitative estimate of drug-likeness (QED) is 0.765. The molecule has 2 rings (SSSR count). The van der Waals surface area contributed by atoms with Gasteiger partial charge in [0.1, 0.15) is 17.6 Å². The van der Waals surface area contributed by atoms with Crippen LogP contribution in [0.3, 0.4) is 0 Å². The summed E-state index contributed by atoms with van der Waals surface area (Å²) in [6, 6.07) is 13.8. The van der Waals surface area contributed by atoms with E-state index < -0.39 is 12.1 Å². The van der Waals surface area contributed by atoms with Gasteiger partial charge >= 0.3 is 6.03 Å². The van der Waals surface area contributed by atoms with Crippen molar-refractivity contribution in [1.82, 2.24) is 5.32 Å². The van der Waals surface area contributed by atoms with Crippen molar-refractivity contribution in [3.63, 3.8) is 0 Å². The number of carbonyl (C=O) groups excluding carboxylic acids is 1. The molecule has 6 heteroatoms. The number of rotatable bonds is 6. The third-order valence-electron chi connectivity index (χ3n) is 3.28. The van der Waals surface area contributed by atoms with Crippen molar-refractivity contribution in [1.29, 1.82) is 0 Å². The number of hydrogen-bond acceptors (Lipinski definition) is 4. The first kappa shape index (κ1) is 16.6. The first-order chi connectivity index (χ1) is 11.1. The van der Waals surface area contributed by atoms with Gasteiger partial charge in [0.2, 0.25) is 0 Å². The van der Waals surface area contributed by atoms with Gasteiger partial charge < -0.3 is 25.2 Å². The van der Waals surface area contributed by atoms with E-state index in [2.05, 4.69) is 10.6 Å². The molecule has 0 heterocycles. The van der Waals surface area contributed by atoms with Crippen LogP contribution < -0.4 is 20.1 Å². The average molecular weight is 316 g/mol. The van der Waals surface area contributed by atoms with E-state index in [0.717, 1.165) is 0 Å². The van der Waals surface area contributed by atoms with Crippen LogP contribution >= 0.6 is 0 Å². The molecule has 0 saturated heterocycles. The molecule has 0 bridgehead atoms. The number of nitrogens with one attached hydrogen (secondary N) is 2. The van der Waals surface area contributed by atoms with Gasteiger partial charge in [-0.3, -0.25) is 0 Å². The number of hydrogen-bond donors (Lipinski definition) is 3. The van der Waals surface area contributed by atoms with Crippen LogP contribution in [0.25, 0.3) is 0 Å². The maximum Gasteiger partial charge on any atom is 0.319 e. The maximum atomic E-state index is 11.8. The third-order valence-corrected chi connectivity index (χ3v) is 3.28. The summed E-state index contributed by atoms with van der Waals surface area (Å²) < 4.78 is 10.4. The highest BCUT2D eigenvalue weighted by molar-refractivity contribution is 5.89. The van der Waals surface area contributed by atoms with Crippen LogP contribution in [0.2, 0.25) is 0 Å². The molecule has 0 saturated carbocycles. The van der Waals surface area contributed by atoms with Crippen molar-refractivity contribution in [2.24, 2.45) is 0 Å². The molecule has 0 unspecified atom stereocenters. The lowest BCUT2D eigenvalue weighted by molar-refractivity contribution is 0.170. The third kappa shape index (κ3) is 4.62. The summed E-state index contributed by atoms with van der Waals surface area (Å²) in [6.07, 6.45) is -0.915. The number of carbonyl (C=O) groups is 1.